The first-order valence-corrected chi connectivity index (χ1v) is 6.95. The zero-order chi connectivity index (χ0) is 11.2. The lowest BCUT2D eigenvalue weighted by atomic mass is 10.3. The molecule has 0 amide bonds. The van der Waals surface area contributed by atoms with Gasteiger partial charge in [0.15, 0.2) is 0 Å². The van der Waals surface area contributed by atoms with Crippen molar-refractivity contribution in [1.82, 2.24) is 10.2 Å². The lowest BCUT2D eigenvalue weighted by Crippen LogP contribution is -2.44. The van der Waals surface area contributed by atoms with E-state index in [0.29, 0.717) is 0 Å². The number of hydrogen-bond acceptors (Lipinski definition) is 4. The largest absolute Gasteiger partial charge is 0.377 e. The Balaban J connectivity index is 1.59. The predicted octanol–water partition coefficient (Wildman–Crippen LogP) is 1.76. The van der Waals surface area contributed by atoms with Gasteiger partial charge in [0.1, 0.15) is 0 Å². The van der Waals surface area contributed by atoms with E-state index in [1.54, 1.807) is 11.3 Å². The lowest BCUT2D eigenvalue weighted by molar-refractivity contribution is 0.240. The molecule has 1 fully saturated rings. The number of nitrogens with zero attached hydrogens (tertiary/aromatic N) is 1. The molecule has 1 saturated heterocycles. The van der Waals surface area contributed by atoms with Gasteiger partial charge >= 0.3 is 0 Å². The SMILES string of the molecule is Cc1ccsc1NCCCN1CCNCC1. The van der Waals surface area contributed by atoms with Crippen molar-refractivity contribution in [3.63, 3.8) is 0 Å². The minimum Gasteiger partial charge on any atom is -0.377 e. The highest BCUT2D eigenvalue weighted by Gasteiger charge is 2.08. The van der Waals surface area contributed by atoms with E-state index in [0.717, 1.165) is 19.6 Å². The van der Waals surface area contributed by atoms with Crippen LogP contribution in [0.15, 0.2) is 11.4 Å². The van der Waals surface area contributed by atoms with Gasteiger partial charge in [-0.3, -0.25) is 0 Å². The lowest BCUT2D eigenvalue weighted by Gasteiger charge is -2.27. The third kappa shape index (κ3) is 3.47. The van der Waals surface area contributed by atoms with Crippen molar-refractivity contribution in [3.8, 4) is 0 Å². The highest BCUT2D eigenvalue weighted by Crippen LogP contribution is 2.21. The van der Waals surface area contributed by atoms with E-state index in [4.69, 9.17) is 0 Å². The molecule has 1 aromatic rings. The summed E-state index contributed by atoms with van der Waals surface area (Å²) in [6.07, 6.45) is 1.23. The molecule has 0 aromatic carbocycles. The van der Waals surface area contributed by atoms with Crippen LogP contribution < -0.4 is 10.6 Å². The Kier molecular flexibility index (Phi) is 4.63. The monoisotopic (exact) mass is 239 g/mol. The third-order valence-electron chi connectivity index (χ3n) is 3.01. The first kappa shape index (κ1) is 11.9. The predicted molar refractivity (Wildman–Crippen MR) is 71.5 cm³/mol. The van der Waals surface area contributed by atoms with Gasteiger partial charge < -0.3 is 15.5 Å². The summed E-state index contributed by atoms with van der Waals surface area (Å²) < 4.78 is 0. The quantitative estimate of drug-likeness (QED) is 0.767. The van der Waals surface area contributed by atoms with Crippen LogP contribution in [0.4, 0.5) is 5.00 Å². The minimum atomic E-state index is 1.09. The van der Waals surface area contributed by atoms with Crippen LogP contribution in [-0.2, 0) is 0 Å². The standard InChI is InChI=1S/C12H21N3S/c1-11-3-10-16-12(11)14-4-2-7-15-8-5-13-6-9-15/h3,10,13-14H,2,4-9H2,1H3. The highest BCUT2D eigenvalue weighted by molar-refractivity contribution is 7.14. The number of aryl methyl sites for hydroxylation is 1. The molecule has 4 heteroatoms. The number of nitrogens with one attached hydrogen (secondary N) is 2. The number of rotatable bonds is 5. The van der Waals surface area contributed by atoms with Gasteiger partial charge in [0.05, 0.1) is 5.00 Å². The molecule has 2 rings (SSSR count). The molecule has 0 aliphatic carbocycles. The van der Waals surface area contributed by atoms with E-state index in [9.17, 15) is 0 Å². The van der Waals surface area contributed by atoms with E-state index in [-0.39, 0.29) is 0 Å². The summed E-state index contributed by atoms with van der Waals surface area (Å²) in [6.45, 7) is 9.19. The summed E-state index contributed by atoms with van der Waals surface area (Å²) in [7, 11) is 0. The summed E-state index contributed by atoms with van der Waals surface area (Å²) in [4.78, 5) is 2.54. The molecule has 1 aliphatic rings. The molecular formula is C12H21N3S. The molecule has 0 spiro atoms. The van der Waals surface area contributed by atoms with Crippen LogP contribution in [0.2, 0.25) is 0 Å². The summed E-state index contributed by atoms with van der Waals surface area (Å²) in [5, 5.41) is 10.4. The molecule has 0 bridgehead atoms. The molecule has 0 unspecified atom stereocenters. The molecule has 0 atom stereocenters. The molecule has 1 aromatic heterocycles. The Bertz CT molecular complexity index is 305. The van der Waals surface area contributed by atoms with Gasteiger partial charge in [-0.15, -0.1) is 11.3 Å². The van der Waals surface area contributed by atoms with Gasteiger partial charge in [-0.05, 0) is 36.9 Å². The summed E-state index contributed by atoms with van der Waals surface area (Å²) in [5.74, 6) is 0. The molecular weight excluding hydrogens is 218 g/mol. The van der Waals surface area contributed by atoms with Crippen LogP contribution in [0.1, 0.15) is 12.0 Å². The summed E-state index contributed by atoms with van der Waals surface area (Å²) in [5.41, 5.74) is 1.37. The fourth-order valence-corrected chi connectivity index (χ4v) is 2.84. The Morgan fingerprint density at radius 3 is 2.94 bits per heavy atom. The van der Waals surface area contributed by atoms with E-state index in [1.807, 2.05) is 0 Å². The van der Waals surface area contributed by atoms with Crippen molar-refractivity contribution in [1.29, 1.82) is 0 Å². The molecule has 0 saturated carbocycles. The van der Waals surface area contributed by atoms with Gasteiger partial charge in [0.25, 0.3) is 0 Å². The Morgan fingerprint density at radius 1 is 1.44 bits per heavy atom. The third-order valence-corrected chi connectivity index (χ3v) is 3.98. The maximum Gasteiger partial charge on any atom is 0.0912 e. The Labute approximate surface area is 102 Å². The molecule has 0 radical (unpaired) electrons. The Hall–Kier alpha value is -0.580. The number of hydrogen-bond donors (Lipinski definition) is 2. The fourth-order valence-electron chi connectivity index (χ4n) is 1.99. The van der Waals surface area contributed by atoms with E-state index in [1.165, 1.54) is 36.6 Å². The van der Waals surface area contributed by atoms with Crippen molar-refractivity contribution in [3.05, 3.63) is 17.0 Å². The molecule has 90 valence electrons. The number of thiophene rings is 1. The number of anilines is 1. The van der Waals surface area contributed by atoms with Gasteiger partial charge in [-0.2, -0.15) is 0 Å². The van der Waals surface area contributed by atoms with Crippen LogP contribution in [0.25, 0.3) is 0 Å². The van der Waals surface area contributed by atoms with Crippen LogP contribution in [-0.4, -0.2) is 44.2 Å². The van der Waals surface area contributed by atoms with Crippen molar-refractivity contribution in [2.75, 3.05) is 44.6 Å². The van der Waals surface area contributed by atoms with Crippen molar-refractivity contribution >= 4 is 16.3 Å². The smallest absolute Gasteiger partial charge is 0.0912 e. The van der Waals surface area contributed by atoms with E-state index >= 15 is 0 Å². The van der Waals surface area contributed by atoms with Crippen LogP contribution in [0.5, 0.6) is 0 Å². The zero-order valence-electron chi connectivity index (χ0n) is 9.96. The first-order valence-electron chi connectivity index (χ1n) is 6.07. The second kappa shape index (κ2) is 6.23. The zero-order valence-corrected chi connectivity index (χ0v) is 10.8. The first-order chi connectivity index (χ1) is 7.86. The second-order valence-electron chi connectivity index (χ2n) is 4.30. The fraction of sp³-hybridized carbons (Fsp3) is 0.667. The molecule has 2 heterocycles. The Morgan fingerprint density at radius 2 is 2.25 bits per heavy atom. The van der Waals surface area contributed by atoms with Crippen molar-refractivity contribution in [2.24, 2.45) is 0 Å². The molecule has 2 N–H and O–H groups in total. The van der Waals surface area contributed by atoms with E-state index < -0.39 is 0 Å². The minimum absolute atomic E-state index is 1.09. The van der Waals surface area contributed by atoms with Crippen LogP contribution in [0, 0.1) is 6.92 Å². The topological polar surface area (TPSA) is 27.3 Å². The second-order valence-corrected chi connectivity index (χ2v) is 5.22. The van der Waals surface area contributed by atoms with Crippen molar-refractivity contribution < 1.29 is 0 Å². The molecule has 3 nitrogen and oxygen atoms in total. The normalized spacial score (nSPS) is 17.6. The average molecular weight is 239 g/mol. The highest BCUT2D eigenvalue weighted by atomic mass is 32.1. The van der Waals surface area contributed by atoms with E-state index in [2.05, 4.69) is 33.9 Å². The van der Waals surface area contributed by atoms with Gasteiger partial charge in [-0.25, -0.2) is 0 Å². The van der Waals surface area contributed by atoms with Gasteiger partial charge in [-0.1, -0.05) is 0 Å². The number of piperazine rings is 1. The van der Waals surface area contributed by atoms with Gasteiger partial charge in [0.2, 0.25) is 0 Å². The summed E-state index contributed by atoms with van der Waals surface area (Å²) >= 11 is 1.80. The van der Waals surface area contributed by atoms with Gasteiger partial charge in [0, 0.05) is 32.7 Å². The molecule has 1 aliphatic heterocycles. The van der Waals surface area contributed by atoms with Crippen molar-refractivity contribution in [2.45, 2.75) is 13.3 Å². The maximum atomic E-state index is 3.51. The van der Waals surface area contributed by atoms with Crippen LogP contribution >= 0.6 is 11.3 Å². The average Bonchev–Trinajstić information content (AvgIpc) is 2.72. The molecule has 16 heavy (non-hydrogen) atoms. The summed E-state index contributed by atoms with van der Waals surface area (Å²) in [6, 6.07) is 2.17. The van der Waals surface area contributed by atoms with Crippen LogP contribution in [0.3, 0.4) is 0 Å². The maximum absolute atomic E-state index is 3.51.